The van der Waals surface area contributed by atoms with E-state index < -0.39 is 0 Å². The van der Waals surface area contributed by atoms with Gasteiger partial charge in [0.1, 0.15) is 5.82 Å². The highest BCUT2D eigenvalue weighted by atomic mass is 14.9. The summed E-state index contributed by atoms with van der Waals surface area (Å²) in [4.78, 5) is 9.16. The smallest absolute Gasteiger partial charge is 0.133 e. The van der Waals surface area contributed by atoms with Crippen LogP contribution in [0.1, 0.15) is 30.8 Å². The normalized spacial score (nSPS) is 12.4. The summed E-state index contributed by atoms with van der Waals surface area (Å²) in [6.07, 6.45) is 0.966. The first-order chi connectivity index (χ1) is 8.74. The van der Waals surface area contributed by atoms with E-state index in [1.165, 1.54) is 0 Å². The SMILES string of the molecule is CCC(CN)c1nc(C)cc(-c2ccccc2)n1. The molecule has 0 fully saturated rings. The van der Waals surface area contributed by atoms with E-state index in [4.69, 9.17) is 5.73 Å². The van der Waals surface area contributed by atoms with Gasteiger partial charge >= 0.3 is 0 Å². The Kier molecular flexibility index (Phi) is 4.05. The van der Waals surface area contributed by atoms with Crippen LogP contribution in [0.4, 0.5) is 0 Å². The van der Waals surface area contributed by atoms with Crippen molar-refractivity contribution in [3.05, 3.63) is 47.9 Å². The summed E-state index contributed by atoms with van der Waals surface area (Å²) in [7, 11) is 0. The molecule has 1 heterocycles. The number of benzene rings is 1. The summed E-state index contributed by atoms with van der Waals surface area (Å²) in [5.74, 6) is 1.10. The molecule has 18 heavy (non-hydrogen) atoms. The quantitative estimate of drug-likeness (QED) is 0.895. The third-order valence-corrected chi connectivity index (χ3v) is 3.08. The third-order valence-electron chi connectivity index (χ3n) is 3.08. The molecule has 0 aliphatic rings. The second-order valence-corrected chi connectivity index (χ2v) is 4.46. The lowest BCUT2D eigenvalue weighted by Gasteiger charge is -2.13. The van der Waals surface area contributed by atoms with E-state index in [0.29, 0.717) is 6.54 Å². The van der Waals surface area contributed by atoms with Crippen molar-refractivity contribution in [3.8, 4) is 11.3 Å². The summed E-state index contributed by atoms with van der Waals surface area (Å²) in [5, 5.41) is 0. The second-order valence-electron chi connectivity index (χ2n) is 4.46. The molecular weight excluding hydrogens is 222 g/mol. The van der Waals surface area contributed by atoms with Gasteiger partial charge in [-0.1, -0.05) is 37.3 Å². The molecule has 94 valence electrons. The Morgan fingerprint density at radius 3 is 2.50 bits per heavy atom. The van der Waals surface area contributed by atoms with Crippen LogP contribution in [-0.4, -0.2) is 16.5 Å². The second kappa shape index (κ2) is 5.74. The van der Waals surface area contributed by atoms with Gasteiger partial charge in [-0.2, -0.15) is 0 Å². The topological polar surface area (TPSA) is 51.8 Å². The van der Waals surface area contributed by atoms with Crippen molar-refractivity contribution in [2.24, 2.45) is 5.73 Å². The average molecular weight is 241 g/mol. The molecule has 0 saturated heterocycles. The number of rotatable bonds is 4. The molecule has 2 rings (SSSR count). The number of hydrogen-bond acceptors (Lipinski definition) is 3. The number of nitrogens with zero attached hydrogens (tertiary/aromatic N) is 2. The largest absolute Gasteiger partial charge is 0.330 e. The van der Waals surface area contributed by atoms with Crippen LogP contribution in [-0.2, 0) is 0 Å². The molecule has 0 aliphatic heterocycles. The van der Waals surface area contributed by atoms with E-state index in [9.17, 15) is 0 Å². The van der Waals surface area contributed by atoms with E-state index in [2.05, 4.69) is 29.0 Å². The van der Waals surface area contributed by atoms with Gasteiger partial charge in [-0.05, 0) is 19.4 Å². The van der Waals surface area contributed by atoms with E-state index in [0.717, 1.165) is 29.2 Å². The minimum Gasteiger partial charge on any atom is -0.330 e. The van der Waals surface area contributed by atoms with Crippen molar-refractivity contribution in [1.82, 2.24) is 9.97 Å². The molecule has 3 heteroatoms. The lowest BCUT2D eigenvalue weighted by atomic mass is 10.1. The predicted octanol–water partition coefficient (Wildman–Crippen LogP) is 2.90. The molecule has 1 unspecified atom stereocenters. The van der Waals surface area contributed by atoms with Gasteiger partial charge in [-0.25, -0.2) is 9.97 Å². The molecule has 0 saturated carbocycles. The number of aromatic nitrogens is 2. The van der Waals surface area contributed by atoms with Crippen molar-refractivity contribution in [1.29, 1.82) is 0 Å². The first kappa shape index (κ1) is 12.7. The third kappa shape index (κ3) is 2.74. The predicted molar refractivity (Wildman–Crippen MR) is 74.3 cm³/mol. The van der Waals surface area contributed by atoms with Crippen LogP contribution < -0.4 is 5.73 Å². The zero-order chi connectivity index (χ0) is 13.0. The molecule has 3 nitrogen and oxygen atoms in total. The maximum atomic E-state index is 5.77. The molecule has 2 aromatic rings. The van der Waals surface area contributed by atoms with Crippen molar-refractivity contribution < 1.29 is 0 Å². The summed E-state index contributed by atoms with van der Waals surface area (Å²) >= 11 is 0. The maximum Gasteiger partial charge on any atom is 0.133 e. The first-order valence-electron chi connectivity index (χ1n) is 6.35. The van der Waals surface area contributed by atoms with E-state index in [1.807, 2.05) is 31.2 Å². The highest BCUT2D eigenvalue weighted by Gasteiger charge is 2.12. The van der Waals surface area contributed by atoms with Gasteiger partial charge in [0.15, 0.2) is 0 Å². The standard InChI is InChI=1S/C15H19N3/c1-3-12(10-16)15-17-11(2)9-14(18-15)13-7-5-4-6-8-13/h4-9,12H,3,10,16H2,1-2H3. The molecule has 1 aromatic heterocycles. The van der Waals surface area contributed by atoms with Gasteiger partial charge in [-0.3, -0.25) is 0 Å². The highest BCUT2D eigenvalue weighted by molar-refractivity contribution is 5.59. The van der Waals surface area contributed by atoms with E-state index in [-0.39, 0.29) is 5.92 Å². The van der Waals surface area contributed by atoms with E-state index in [1.54, 1.807) is 0 Å². The number of aryl methyl sites for hydroxylation is 1. The molecule has 0 amide bonds. The van der Waals surface area contributed by atoms with Gasteiger partial charge < -0.3 is 5.73 Å². The fourth-order valence-corrected chi connectivity index (χ4v) is 1.99. The fraction of sp³-hybridized carbons (Fsp3) is 0.333. The Balaban J connectivity index is 2.44. The van der Waals surface area contributed by atoms with Crippen molar-refractivity contribution in [3.63, 3.8) is 0 Å². The van der Waals surface area contributed by atoms with Crippen LogP contribution in [0, 0.1) is 6.92 Å². The van der Waals surface area contributed by atoms with Crippen LogP contribution in [0.25, 0.3) is 11.3 Å². The summed E-state index contributed by atoms with van der Waals surface area (Å²) in [6.45, 7) is 4.71. The maximum absolute atomic E-state index is 5.77. The molecule has 0 radical (unpaired) electrons. The molecular formula is C15H19N3. The summed E-state index contributed by atoms with van der Waals surface area (Å²) in [5.41, 5.74) is 8.86. The molecule has 1 aromatic carbocycles. The first-order valence-corrected chi connectivity index (χ1v) is 6.35. The lowest BCUT2D eigenvalue weighted by molar-refractivity contribution is 0.629. The zero-order valence-electron chi connectivity index (χ0n) is 10.9. The molecule has 2 N–H and O–H groups in total. The van der Waals surface area contributed by atoms with Crippen LogP contribution in [0.5, 0.6) is 0 Å². The Labute approximate surface area is 108 Å². The Hall–Kier alpha value is -1.74. The van der Waals surface area contributed by atoms with Crippen molar-refractivity contribution >= 4 is 0 Å². The molecule has 0 bridgehead atoms. The lowest BCUT2D eigenvalue weighted by Crippen LogP contribution is -2.15. The van der Waals surface area contributed by atoms with Gasteiger partial charge in [0.05, 0.1) is 5.69 Å². The number of nitrogens with two attached hydrogens (primary N) is 1. The fourth-order valence-electron chi connectivity index (χ4n) is 1.99. The molecule has 1 atom stereocenters. The van der Waals surface area contributed by atoms with Crippen molar-refractivity contribution in [2.45, 2.75) is 26.2 Å². The minimum absolute atomic E-state index is 0.243. The molecule has 0 aliphatic carbocycles. The Morgan fingerprint density at radius 1 is 1.17 bits per heavy atom. The summed E-state index contributed by atoms with van der Waals surface area (Å²) in [6, 6.07) is 12.2. The van der Waals surface area contributed by atoms with E-state index >= 15 is 0 Å². The van der Waals surface area contributed by atoms with Crippen LogP contribution in [0.2, 0.25) is 0 Å². The van der Waals surface area contributed by atoms with Gasteiger partial charge in [0.25, 0.3) is 0 Å². The minimum atomic E-state index is 0.243. The molecule has 0 spiro atoms. The highest BCUT2D eigenvalue weighted by Crippen LogP contribution is 2.21. The van der Waals surface area contributed by atoms with Gasteiger partial charge in [0.2, 0.25) is 0 Å². The average Bonchev–Trinajstić information content (AvgIpc) is 2.40. The van der Waals surface area contributed by atoms with Crippen LogP contribution >= 0.6 is 0 Å². The monoisotopic (exact) mass is 241 g/mol. The zero-order valence-corrected chi connectivity index (χ0v) is 10.9. The van der Waals surface area contributed by atoms with Crippen LogP contribution in [0.3, 0.4) is 0 Å². The van der Waals surface area contributed by atoms with Gasteiger partial charge in [0, 0.05) is 23.7 Å². The summed E-state index contributed by atoms with van der Waals surface area (Å²) < 4.78 is 0. The van der Waals surface area contributed by atoms with Crippen LogP contribution in [0.15, 0.2) is 36.4 Å². The Bertz CT molecular complexity index is 504. The Morgan fingerprint density at radius 2 is 1.89 bits per heavy atom. The number of hydrogen-bond donors (Lipinski definition) is 1. The van der Waals surface area contributed by atoms with Crippen molar-refractivity contribution in [2.75, 3.05) is 6.54 Å². The van der Waals surface area contributed by atoms with Gasteiger partial charge in [-0.15, -0.1) is 0 Å².